The lowest BCUT2D eigenvalue weighted by atomic mass is 9.93. The van der Waals surface area contributed by atoms with Crippen molar-refractivity contribution in [2.24, 2.45) is 0 Å². The molecule has 2 aliphatic rings. The zero-order valence-electron chi connectivity index (χ0n) is 19.3. The van der Waals surface area contributed by atoms with Gasteiger partial charge >= 0.3 is 0 Å². The predicted octanol–water partition coefficient (Wildman–Crippen LogP) is 4.97. The first-order chi connectivity index (χ1) is 16.0. The van der Waals surface area contributed by atoms with E-state index in [1.165, 1.54) is 0 Å². The summed E-state index contributed by atoms with van der Waals surface area (Å²) in [6.07, 6.45) is 5.27. The second-order valence-corrected chi connectivity index (χ2v) is 10.3. The normalized spacial score (nSPS) is 20.9. The van der Waals surface area contributed by atoms with Crippen molar-refractivity contribution in [1.82, 2.24) is 14.8 Å². The molecule has 1 saturated carbocycles. The van der Waals surface area contributed by atoms with Gasteiger partial charge in [0.1, 0.15) is 17.0 Å². The minimum atomic E-state index is -0.974. The molecule has 1 aliphatic carbocycles. The number of carbonyl (C=O) groups excluding carboxylic acids is 2. The van der Waals surface area contributed by atoms with Gasteiger partial charge in [-0.15, -0.1) is 11.3 Å². The monoisotopic (exact) mass is 465 g/mol. The van der Waals surface area contributed by atoms with Gasteiger partial charge in [0.15, 0.2) is 0 Å². The Hall–Kier alpha value is -2.80. The van der Waals surface area contributed by atoms with E-state index in [-0.39, 0.29) is 17.9 Å². The SMILES string of the molecule is CCCOc1ccc(CN2C(=O)c3cc4sccc4n3C[C@]2(C)C(=O)NC2CCCC2)cc1. The van der Waals surface area contributed by atoms with Crippen LogP contribution >= 0.6 is 11.3 Å². The second-order valence-electron chi connectivity index (χ2n) is 9.40. The van der Waals surface area contributed by atoms with E-state index in [4.69, 9.17) is 4.74 Å². The molecule has 3 aromatic rings. The van der Waals surface area contributed by atoms with E-state index in [9.17, 15) is 9.59 Å². The summed E-state index contributed by atoms with van der Waals surface area (Å²) in [6, 6.07) is 12.1. The molecular formula is C26H31N3O3S. The minimum Gasteiger partial charge on any atom is -0.494 e. The number of nitrogens with zero attached hydrogens (tertiary/aromatic N) is 2. The number of rotatable bonds is 7. The molecule has 1 aliphatic heterocycles. The van der Waals surface area contributed by atoms with Crippen molar-refractivity contribution in [3.05, 3.63) is 53.0 Å². The molecule has 1 aromatic carbocycles. The summed E-state index contributed by atoms with van der Waals surface area (Å²) < 4.78 is 8.81. The van der Waals surface area contributed by atoms with Crippen molar-refractivity contribution < 1.29 is 14.3 Å². The number of hydrogen-bond donors (Lipinski definition) is 1. The molecule has 2 amide bonds. The number of aromatic nitrogens is 1. The highest BCUT2D eigenvalue weighted by Gasteiger charge is 2.48. The van der Waals surface area contributed by atoms with Crippen molar-refractivity contribution in [2.75, 3.05) is 6.61 Å². The van der Waals surface area contributed by atoms with E-state index >= 15 is 0 Å². The smallest absolute Gasteiger partial charge is 0.271 e. The highest BCUT2D eigenvalue weighted by molar-refractivity contribution is 7.17. The average molecular weight is 466 g/mol. The summed E-state index contributed by atoms with van der Waals surface area (Å²) in [5.74, 6) is 0.662. The maximum atomic E-state index is 13.8. The Kier molecular flexibility index (Phi) is 5.91. The quantitative estimate of drug-likeness (QED) is 0.536. The Morgan fingerprint density at radius 2 is 1.97 bits per heavy atom. The molecule has 1 atom stereocenters. The van der Waals surface area contributed by atoms with Gasteiger partial charge in [0, 0.05) is 12.6 Å². The molecule has 7 heteroatoms. The summed E-state index contributed by atoms with van der Waals surface area (Å²) in [5.41, 5.74) is 1.69. The van der Waals surface area contributed by atoms with Crippen LogP contribution in [0.2, 0.25) is 0 Å². The highest BCUT2D eigenvalue weighted by Crippen LogP contribution is 2.35. The molecule has 33 heavy (non-hydrogen) atoms. The number of amides is 2. The van der Waals surface area contributed by atoms with Crippen LogP contribution in [0.3, 0.4) is 0 Å². The van der Waals surface area contributed by atoms with E-state index in [1.54, 1.807) is 16.2 Å². The van der Waals surface area contributed by atoms with Crippen molar-refractivity contribution in [1.29, 1.82) is 0 Å². The number of carbonyl (C=O) groups is 2. The third-order valence-corrected chi connectivity index (χ3v) is 7.82. The summed E-state index contributed by atoms with van der Waals surface area (Å²) in [5, 5.41) is 5.29. The van der Waals surface area contributed by atoms with E-state index in [1.807, 2.05) is 53.3 Å². The van der Waals surface area contributed by atoms with Crippen molar-refractivity contribution in [3.8, 4) is 5.75 Å². The molecule has 1 fully saturated rings. The third kappa shape index (κ3) is 4.03. The van der Waals surface area contributed by atoms with Gasteiger partial charge in [-0.25, -0.2) is 0 Å². The van der Waals surface area contributed by atoms with Gasteiger partial charge in [0.2, 0.25) is 5.91 Å². The molecular weight excluding hydrogens is 434 g/mol. The largest absolute Gasteiger partial charge is 0.494 e. The van der Waals surface area contributed by atoms with E-state index in [0.717, 1.165) is 53.6 Å². The maximum absolute atomic E-state index is 13.8. The minimum absolute atomic E-state index is 0.0617. The summed E-state index contributed by atoms with van der Waals surface area (Å²) in [7, 11) is 0. The molecule has 6 nitrogen and oxygen atoms in total. The predicted molar refractivity (Wildman–Crippen MR) is 131 cm³/mol. The van der Waals surface area contributed by atoms with Gasteiger partial charge in [0.05, 0.1) is 23.4 Å². The fourth-order valence-electron chi connectivity index (χ4n) is 5.03. The van der Waals surface area contributed by atoms with Gasteiger partial charge in [0.25, 0.3) is 5.91 Å². The number of hydrogen-bond acceptors (Lipinski definition) is 4. The fraction of sp³-hybridized carbons (Fsp3) is 0.462. The Morgan fingerprint density at radius 1 is 1.21 bits per heavy atom. The van der Waals surface area contributed by atoms with Gasteiger partial charge in [-0.3, -0.25) is 9.59 Å². The van der Waals surface area contributed by atoms with Crippen molar-refractivity contribution in [3.63, 3.8) is 0 Å². The van der Waals surface area contributed by atoms with Gasteiger partial charge in [-0.2, -0.15) is 0 Å². The van der Waals surface area contributed by atoms with Crippen molar-refractivity contribution in [2.45, 2.75) is 70.6 Å². The standard InChI is InChI=1S/C26H31N3O3S/c1-3-13-32-20-10-8-18(9-11-20)16-29-24(30)22-15-23-21(12-14-33-23)28(22)17-26(29,2)25(31)27-19-6-4-5-7-19/h8-12,14-15,19H,3-7,13,16-17H2,1-2H3,(H,27,31)/t26-/m1/s1. The molecule has 0 bridgehead atoms. The molecule has 5 rings (SSSR count). The molecule has 3 heterocycles. The number of nitrogens with one attached hydrogen (secondary N) is 1. The number of fused-ring (bicyclic) bond motifs is 3. The lowest BCUT2D eigenvalue weighted by Crippen LogP contribution is -2.64. The van der Waals surface area contributed by atoms with Crippen LogP contribution in [0.4, 0.5) is 0 Å². The lowest BCUT2D eigenvalue weighted by molar-refractivity contribution is -0.133. The molecule has 0 radical (unpaired) electrons. The molecule has 0 spiro atoms. The zero-order chi connectivity index (χ0) is 23.0. The Balaban J connectivity index is 1.47. The zero-order valence-corrected chi connectivity index (χ0v) is 20.1. The first-order valence-electron chi connectivity index (χ1n) is 11.9. The van der Waals surface area contributed by atoms with Gasteiger partial charge in [-0.05, 0) is 61.4 Å². The molecule has 0 unspecified atom stereocenters. The topological polar surface area (TPSA) is 63.6 Å². The first kappa shape index (κ1) is 22.0. The second kappa shape index (κ2) is 8.86. The summed E-state index contributed by atoms with van der Waals surface area (Å²) >= 11 is 1.62. The first-order valence-corrected chi connectivity index (χ1v) is 12.8. The fourth-order valence-corrected chi connectivity index (χ4v) is 5.85. The van der Waals surface area contributed by atoms with Gasteiger partial charge < -0.3 is 19.5 Å². The highest BCUT2D eigenvalue weighted by atomic mass is 32.1. The summed E-state index contributed by atoms with van der Waals surface area (Å²) in [4.78, 5) is 29.2. The van der Waals surface area contributed by atoms with Crippen LogP contribution in [0.25, 0.3) is 10.2 Å². The molecule has 174 valence electrons. The van der Waals surface area contributed by atoms with Crippen LogP contribution in [0.1, 0.15) is 62.0 Å². The number of ether oxygens (including phenoxy) is 1. The van der Waals surface area contributed by atoms with E-state index in [2.05, 4.69) is 12.2 Å². The number of benzene rings is 1. The third-order valence-electron chi connectivity index (χ3n) is 6.97. The lowest BCUT2D eigenvalue weighted by Gasteiger charge is -2.44. The van der Waals surface area contributed by atoms with Gasteiger partial charge in [-0.1, -0.05) is 31.9 Å². The summed E-state index contributed by atoms with van der Waals surface area (Å²) in [6.45, 7) is 5.49. The maximum Gasteiger partial charge on any atom is 0.271 e. The van der Waals surface area contributed by atoms with Crippen LogP contribution in [-0.4, -0.2) is 39.5 Å². The van der Waals surface area contributed by atoms with Crippen molar-refractivity contribution >= 4 is 33.4 Å². The molecule has 1 N–H and O–H groups in total. The number of thiophene rings is 1. The molecule has 2 aromatic heterocycles. The Morgan fingerprint density at radius 3 is 2.70 bits per heavy atom. The average Bonchev–Trinajstić information content (AvgIpc) is 3.55. The van der Waals surface area contributed by atoms with Crippen LogP contribution in [-0.2, 0) is 17.9 Å². The molecule has 0 saturated heterocycles. The van der Waals surface area contributed by atoms with Crippen LogP contribution in [0.15, 0.2) is 41.8 Å². The van der Waals surface area contributed by atoms with Crippen LogP contribution in [0.5, 0.6) is 5.75 Å². The Labute approximate surface area is 198 Å². The Bertz CT molecular complexity index is 1160. The van der Waals surface area contributed by atoms with E-state index in [0.29, 0.717) is 25.4 Å². The van der Waals surface area contributed by atoms with E-state index < -0.39 is 5.54 Å². The van der Waals surface area contributed by atoms with Crippen LogP contribution < -0.4 is 10.1 Å². The van der Waals surface area contributed by atoms with Crippen LogP contribution in [0, 0.1) is 0 Å².